The Morgan fingerprint density at radius 3 is 2.63 bits per heavy atom. The minimum atomic E-state index is -2.45. The van der Waals surface area contributed by atoms with Crippen molar-refractivity contribution in [1.82, 2.24) is 0 Å². The molecule has 0 radical (unpaired) electrons. The second-order valence-electron chi connectivity index (χ2n) is 6.99. The van der Waals surface area contributed by atoms with Crippen LogP contribution in [0.15, 0.2) is 30.3 Å². The molecule has 4 rings (SSSR count). The van der Waals surface area contributed by atoms with Gasteiger partial charge in [0.1, 0.15) is 0 Å². The van der Waals surface area contributed by atoms with Crippen molar-refractivity contribution in [2.45, 2.75) is 44.5 Å². The van der Waals surface area contributed by atoms with E-state index in [0.717, 1.165) is 11.2 Å². The average molecular weight is 344 g/mol. The van der Waals surface area contributed by atoms with Gasteiger partial charge in [-0.2, -0.15) is 0 Å². The van der Waals surface area contributed by atoms with Crippen molar-refractivity contribution in [2.75, 3.05) is 0 Å². The van der Waals surface area contributed by atoms with Gasteiger partial charge in [0, 0.05) is 0 Å². The van der Waals surface area contributed by atoms with Crippen LogP contribution in [0.4, 0.5) is 0 Å². The molecule has 3 heteroatoms. The Morgan fingerprint density at radius 1 is 1.26 bits per heavy atom. The predicted octanol–water partition coefficient (Wildman–Crippen LogP) is 3.80. The second-order valence-corrected chi connectivity index (χ2v) is 14.1. The van der Waals surface area contributed by atoms with Gasteiger partial charge in [0.05, 0.1) is 0 Å². The summed E-state index contributed by atoms with van der Waals surface area (Å²) in [6.07, 6.45) is 4.38. The molecule has 0 N–H and O–H groups in total. The molecule has 2 aliphatic carbocycles. The zero-order chi connectivity index (χ0) is 13.3. The monoisotopic (exact) mass is 344 g/mol. The molecule has 1 spiro atoms. The number of benzene rings is 1. The van der Waals surface area contributed by atoms with Crippen LogP contribution in [-0.2, 0) is 3.82 Å². The van der Waals surface area contributed by atoms with Crippen LogP contribution in [0.1, 0.15) is 33.1 Å². The van der Waals surface area contributed by atoms with Gasteiger partial charge in [-0.25, -0.2) is 0 Å². The molecule has 1 nitrogen and oxygen atoms in total. The van der Waals surface area contributed by atoms with E-state index in [9.17, 15) is 0 Å². The van der Waals surface area contributed by atoms with E-state index in [2.05, 4.69) is 44.2 Å². The van der Waals surface area contributed by atoms with E-state index < -0.39 is 12.3 Å². The van der Waals surface area contributed by atoms with Crippen LogP contribution in [0.2, 0.25) is 5.32 Å². The van der Waals surface area contributed by atoms with Crippen LogP contribution in [-0.4, -0.2) is 18.4 Å². The Bertz CT molecular complexity index is 517. The summed E-state index contributed by atoms with van der Waals surface area (Å²) >= 11 is -2.45. The molecule has 1 aliphatic heterocycles. The summed E-state index contributed by atoms with van der Waals surface area (Å²) < 4.78 is 7.82. The molecular formula is C16H21ClOSe. The maximum absolute atomic E-state index is 7.05. The Labute approximate surface area is 122 Å². The fourth-order valence-corrected chi connectivity index (χ4v) is 12.9. The fourth-order valence-electron chi connectivity index (χ4n) is 4.79. The van der Waals surface area contributed by atoms with Gasteiger partial charge in [0.15, 0.2) is 0 Å². The van der Waals surface area contributed by atoms with Crippen molar-refractivity contribution in [3.63, 3.8) is 0 Å². The van der Waals surface area contributed by atoms with E-state index in [4.69, 9.17) is 13.9 Å². The molecule has 1 heterocycles. The summed E-state index contributed by atoms with van der Waals surface area (Å²) in [5, 5.41) is 1.13. The van der Waals surface area contributed by atoms with Gasteiger partial charge in [-0.05, 0) is 0 Å². The SMILES string of the molecule is CC1(C)C2CCC13C[Se](Cl)(c1ccccc1)OC3C2. The van der Waals surface area contributed by atoms with Crippen LogP contribution in [0.3, 0.4) is 0 Å². The average Bonchev–Trinajstić information content (AvgIpc) is 2.91. The zero-order valence-corrected chi connectivity index (χ0v) is 14.0. The van der Waals surface area contributed by atoms with E-state index in [1.807, 2.05) is 0 Å². The Hall–Kier alpha value is -0.0105. The van der Waals surface area contributed by atoms with Crippen molar-refractivity contribution in [1.29, 1.82) is 0 Å². The third-order valence-corrected chi connectivity index (χ3v) is 13.1. The van der Waals surface area contributed by atoms with Crippen molar-refractivity contribution in [2.24, 2.45) is 16.7 Å². The maximum atomic E-state index is 7.05. The molecule has 4 atom stereocenters. The molecule has 19 heavy (non-hydrogen) atoms. The van der Waals surface area contributed by atoms with E-state index in [1.54, 1.807) is 0 Å². The number of halogens is 1. The molecule has 4 unspecified atom stereocenters. The van der Waals surface area contributed by atoms with Crippen LogP contribution >= 0.6 is 10.1 Å². The summed E-state index contributed by atoms with van der Waals surface area (Å²) in [6, 6.07) is 10.6. The molecule has 1 saturated heterocycles. The topological polar surface area (TPSA) is 9.23 Å². The quantitative estimate of drug-likeness (QED) is 0.705. The first-order valence-electron chi connectivity index (χ1n) is 7.22. The van der Waals surface area contributed by atoms with Crippen molar-refractivity contribution >= 4 is 26.8 Å². The first-order chi connectivity index (χ1) is 8.98. The first kappa shape index (κ1) is 12.7. The fraction of sp³-hybridized carbons (Fsp3) is 0.625. The summed E-state index contributed by atoms with van der Waals surface area (Å²) in [5.41, 5.74) is 0.787. The van der Waals surface area contributed by atoms with Crippen LogP contribution in [0.5, 0.6) is 0 Å². The minimum absolute atomic E-state index is 0.370. The standard InChI is InChI=1S/C16H21ClOSe/c1-15(2)12-8-9-16(15)11-19(17,18-14(16)10-12)13-6-4-3-5-7-13/h3-7,12,14H,8-11H2,1-2H3. The molecule has 0 aromatic heterocycles. The van der Waals surface area contributed by atoms with E-state index >= 15 is 0 Å². The summed E-state index contributed by atoms with van der Waals surface area (Å²) in [7, 11) is 7.05. The van der Waals surface area contributed by atoms with Gasteiger partial charge in [-0.1, -0.05) is 0 Å². The number of rotatable bonds is 1. The molecule has 104 valence electrons. The Morgan fingerprint density at radius 2 is 2.00 bits per heavy atom. The van der Waals surface area contributed by atoms with Gasteiger partial charge >= 0.3 is 122 Å². The molecule has 3 aliphatic rings. The summed E-state index contributed by atoms with van der Waals surface area (Å²) in [5.74, 6) is 0.853. The number of fused-ring (bicyclic) bond motifs is 1. The van der Waals surface area contributed by atoms with Crippen LogP contribution in [0, 0.1) is 16.7 Å². The van der Waals surface area contributed by atoms with E-state index in [-0.39, 0.29) is 0 Å². The van der Waals surface area contributed by atoms with Gasteiger partial charge in [-0.15, -0.1) is 0 Å². The first-order valence-corrected chi connectivity index (χ1v) is 12.2. The molecule has 3 fully saturated rings. The number of hydrogen-bond acceptors (Lipinski definition) is 1. The van der Waals surface area contributed by atoms with Crippen molar-refractivity contribution in [3.8, 4) is 0 Å². The van der Waals surface area contributed by atoms with E-state index in [1.165, 1.54) is 23.7 Å². The second kappa shape index (κ2) is 3.80. The molecule has 2 saturated carbocycles. The normalized spacial score (nSPS) is 49.8. The third-order valence-electron chi connectivity index (χ3n) is 6.16. The zero-order valence-electron chi connectivity index (χ0n) is 11.6. The van der Waals surface area contributed by atoms with Gasteiger partial charge in [-0.3, -0.25) is 0 Å². The predicted molar refractivity (Wildman–Crippen MR) is 80.9 cm³/mol. The van der Waals surface area contributed by atoms with Crippen molar-refractivity contribution < 1.29 is 3.82 Å². The summed E-state index contributed by atoms with van der Waals surface area (Å²) in [4.78, 5) is 0. The Kier molecular flexibility index (Phi) is 2.54. The molecule has 1 aromatic carbocycles. The Balaban J connectivity index is 1.75. The molecule has 0 amide bonds. The van der Waals surface area contributed by atoms with Gasteiger partial charge in [0.2, 0.25) is 0 Å². The van der Waals surface area contributed by atoms with Crippen LogP contribution in [0.25, 0.3) is 0 Å². The van der Waals surface area contributed by atoms with Crippen molar-refractivity contribution in [3.05, 3.63) is 30.3 Å². The summed E-state index contributed by atoms with van der Waals surface area (Å²) in [6.45, 7) is 4.91. The molecule has 2 bridgehead atoms. The molecular weight excluding hydrogens is 323 g/mol. The van der Waals surface area contributed by atoms with E-state index in [0.29, 0.717) is 16.9 Å². The van der Waals surface area contributed by atoms with Gasteiger partial charge < -0.3 is 0 Å². The van der Waals surface area contributed by atoms with Gasteiger partial charge in [0.25, 0.3) is 0 Å². The molecule has 1 aromatic rings. The van der Waals surface area contributed by atoms with Crippen LogP contribution < -0.4 is 4.46 Å². The third kappa shape index (κ3) is 1.47. The number of hydrogen-bond donors (Lipinski definition) is 0.